The van der Waals surface area contributed by atoms with Crippen LogP contribution in [0.15, 0.2) is 40.2 Å². The Hall–Kier alpha value is -5.10. The van der Waals surface area contributed by atoms with E-state index in [9.17, 15) is 28.2 Å². The van der Waals surface area contributed by atoms with Gasteiger partial charge in [-0.05, 0) is 77.8 Å². The zero-order valence-corrected chi connectivity index (χ0v) is 36.7. The molecule has 1 aromatic heterocycles. The number of nitrogens with two attached hydrogens (primary N) is 1. The molecule has 4 atom stereocenters. The summed E-state index contributed by atoms with van der Waals surface area (Å²) in [5, 5.41) is 13.7. The Kier molecular flexibility index (Phi) is 23.7. The van der Waals surface area contributed by atoms with E-state index in [0.29, 0.717) is 23.6 Å². The van der Waals surface area contributed by atoms with Gasteiger partial charge in [0.2, 0.25) is 17.7 Å². The predicted octanol–water partition coefficient (Wildman–Crippen LogP) is 3.93. The number of carbonyl (C=O) groups is 4. The number of carbonyl (C=O) groups excluding carboxylic acids is 4. The second-order valence-corrected chi connectivity index (χ2v) is 15.9. The average molecular weight is 841 g/mol. The number of hydrogen-bond acceptors (Lipinski definition) is 11. The van der Waals surface area contributed by atoms with Crippen LogP contribution < -0.4 is 36.1 Å². The number of hydrazone groups is 1. The van der Waals surface area contributed by atoms with Gasteiger partial charge in [-0.2, -0.15) is 5.10 Å². The molecule has 0 saturated heterocycles. The van der Waals surface area contributed by atoms with Crippen molar-refractivity contribution in [3.05, 3.63) is 46.1 Å². The van der Waals surface area contributed by atoms with E-state index >= 15 is 0 Å². The maximum Gasteiger partial charge on any atom is 0.271 e. The molecule has 18 heteroatoms. The third-order valence-electron chi connectivity index (χ3n) is 8.71. The van der Waals surface area contributed by atoms with E-state index in [1.807, 2.05) is 27.7 Å². The van der Waals surface area contributed by atoms with Crippen LogP contribution in [0.2, 0.25) is 0 Å². The lowest BCUT2D eigenvalue weighted by Gasteiger charge is -2.24. The molecule has 2 aliphatic rings. The number of benzene rings is 1. The first-order valence-corrected chi connectivity index (χ1v) is 20.4. The second kappa shape index (κ2) is 26.0. The molecule has 4 amide bonds. The lowest BCUT2D eigenvalue weighted by Crippen LogP contribution is -2.49. The minimum atomic E-state index is -1.18. The molecule has 332 valence electrons. The van der Waals surface area contributed by atoms with Gasteiger partial charge in [-0.15, -0.1) is 0 Å². The van der Waals surface area contributed by atoms with E-state index in [1.54, 1.807) is 26.2 Å². The first-order chi connectivity index (χ1) is 26.8. The summed E-state index contributed by atoms with van der Waals surface area (Å²) in [5.41, 5.74) is 8.78. The highest BCUT2D eigenvalue weighted by Gasteiger charge is 2.47. The van der Waals surface area contributed by atoms with Crippen LogP contribution in [-0.4, -0.2) is 99.8 Å². The van der Waals surface area contributed by atoms with E-state index in [-0.39, 0.29) is 44.4 Å². The first-order valence-electron chi connectivity index (χ1n) is 19.2. The molecule has 2 aromatic rings. The molecule has 0 aliphatic heterocycles. The summed E-state index contributed by atoms with van der Waals surface area (Å²) in [4.78, 5) is 62.4. The Morgan fingerprint density at radius 1 is 1.19 bits per heavy atom. The molecular weight excluding hydrogens is 769 g/mol. The number of likely N-dealkylation sites (N-methyl/N-ethyl adjacent to an activating group) is 1. The Bertz CT molecular complexity index is 1840. The first kappa shape index (κ1) is 52.9. The normalized spacial score (nSPS) is 16.7. The number of aryl methyl sites for hydroxylation is 1. The molecule has 2 saturated carbocycles. The van der Waals surface area contributed by atoms with Crippen LogP contribution >= 0.6 is 0 Å². The minimum absolute atomic E-state index is 0. The molecule has 0 bridgehead atoms. The van der Waals surface area contributed by atoms with Crippen molar-refractivity contribution in [2.24, 2.45) is 22.7 Å². The van der Waals surface area contributed by atoms with Crippen molar-refractivity contribution in [3.8, 4) is 11.6 Å². The zero-order valence-electron chi connectivity index (χ0n) is 35.9. The van der Waals surface area contributed by atoms with Crippen molar-refractivity contribution < 1.29 is 42.6 Å². The van der Waals surface area contributed by atoms with Crippen LogP contribution in [0.3, 0.4) is 0 Å². The van der Waals surface area contributed by atoms with Gasteiger partial charge in [0.25, 0.3) is 5.91 Å². The van der Waals surface area contributed by atoms with E-state index in [2.05, 4.69) is 58.5 Å². The number of pyridine rings is 1. The number of ether oxygens (including phenoxy) is 2. The Labute approximate surface area is 349 Å². The number of aromatic amines is 1. The lowest BCUT2D eigenvalue weighted by molar-refractivity contribution is -0.137. The molecule has 17 nitrogen and oxygen atoms in total. The van der Waals surface area contributed by atoms with Gasteiger partial charge in [-0.25, -0.2) is 4.21 Å². The summed E-state index contributed by atoms with van der Waals surface area (Å²) in [6.45, 7) is 15.4. The number of primary amides is 1. The van der Waals surface area contributed by atoms with Crippen LogP contribution in [0.4, 0.5) is 0 Å². The fourth-order valence-electron chi connectivity index (χ4n) is 5.05. The molecule has 9 N–H and O–H groups in total. The standard InChI is InChI=1S/C14H17NO3.C12H19NO2S.C11H20N6O3.C3H8.H2O.3H2/c1-8(2)18-13-7-11(16)10-5-6-12(17-4)9(3)14(10)15-13;1-3-4-5-9-8-10(9)11(14)13-16(15)12(2)6-7-12;1-4-8(10(13)19)17(3)9(18)6-15-11(20)7(12)5-16-14-2;1-3-2;;;;/h5-8H,1-4H3,(H,15,16);4-5,9-10H,3,6-8H2,1-2H3,(H,13,14);5,8,12,14H,4,6H2,1-3H3,(H2,13,19)(H,15,20);3H2,1-2H3;1H2;3*1H/b;5-4-;12-7?,16-5-;;;;;. The summed E-state index contributed by atoms with van der Waals surface area (Å²) in [6, 6.07) is 4.33. The van der Waals surface area contributed by atoms with Gasteiger partial charge in [0.1, 0.15) is 28.5 Å². The lowest BCUT2D eigenvalue weighted by atomic mass is 10.1. The number of nitrogens with zero attached hydrogens (tertiary/aromatic N) is 2. The molecule has 0 spiro atoms. The number of methoxy groups -OCH3 is 1. The number of allylic oxidation sites excluding steroid dienone is 2. The molecule has 1 heterocycles. The highest BCUT2D eigenvalue weighted by atomic mass is 32.2. The molecule has 1 aromatic carbocycles. The van der Waals surface area contributed by atoms with Gasteiger partial charge < -0.3 is 41.3 Å². The molecule has 4 rings (SSSR count). The summed E-state index contributed by atoms with van der Waals surface area (Å²) in [7, 11) is 3.39. The molecule has 0 radical (unpaired) electrons. The molecule has 2 aliphatic carbocycles. The van der Waals surface area contributed by atoms with Crippen molar-refractivity contribution in [2.75, 3.05) is 27.7 Å². The van der Waals surface area contributed by atoms with E-state index in [4.69, 9.17) is 20.6 Å². The Balaban J connectivity index is -0.000000375. The summed E-state index contributed by atoms with van der Waals surface area (Å²) in [6.07, 6.45) is 10.7. The van der Waals surface area contributed by atoms with Gasteiger partial charge in [-0.3, -0.25) is 34.1 Å². The number of hydrogen-bond donors (Lipinski definition) is 6. The van der Waals surface area contributed by atoms with Gasteiger partial charge in [0.15, 0.2) is 11.3 Å². The summed E-state index contributed by atoms with van der Waals surface area (Å²) in [5.74, 6) is -0.169. The quantitative estimate of drug-likeness (QED) is 0.0811. The maximum atomic E-state index is 12.0. The topological polar surface area (TPSA) is 270 Å². The van der Waals surface area contributed by atoms with E-state index in [1.165, 1.54) is 31.5 Å². The van der Waals surface area contributed by atoms with Crippen molar-refractivity contribution >= 4 is 57.4 Å². The number of aromatic nitrogens is 1. The van der Waals surface area contributed by atoms with Crippen LogP contribution in [0.25, 0.3) is 10.9 Å². The average Bonchev–Trinajstić information content (AvgIpc) is 4.10. The van der Waals surface area contributed by atoms with Crippen LogP contribution in [0.5, 0.6) is 11.6 Å². The largest absolute Gasteiger partial charge is 0.496 e. The number of rotatable bonds is 16. The third kappa shape index (κ3) is 17.2. The smallest absolute Gasteiger partial charge is 0.271 e. The van der Waals surface area contributed by atoms with Crippen molar-refractivity contribution in [1.82, 2.24) is 25.3 Å². The summed E-state index contributed by atoms with van der Waals surface area (Å²) < 4.78 is 25.0. The number of amides is 4. The molecule has 4 unspecified atom stereocenters. The van der Waals surface area contributed by atoms with Gasteiger partial charge >= 0.3 is 0 Å². The second-order valence-electron chi connectivity index (χ2n) is 14.1. The Morgan fingerprint density at radius 3 is 2.31 bits per heavy atom. The van der Waals surface area contributed by atoms with Gasteiger partial charge in [-0.1, -0.05) is 46.3 Å². The number of fused-ring (bicyclic) bond motifs is 1. The SMILES string of the molecule is CC/C=C\C1CC1C(=O)NS(=O)C1(C)CC1.CCC.CCC(C(N)=O)N(C)C(=O)CNC(=O)C(=N)/C=N\NC.COc1ccc2c(=O)cc(OC(C)C)[nH]c2c1C.O.[HH].[HH].[HH]. The highest BCUT2D eigenvalue weighted by Crippen LogP contribution is 2.42. The monoisotopic (exact) mass is 841 g/mol. The highest BCUT2D eigenvalue weighted by molar-refractivity contribution is 7.85. The maximum absolute atomic E-state index is 12.0. The molecular formula is C40H72N8O9S. The van der Waals surface area contributed by atoms with Gasteiger partial charge in [0.05, 0.1) is 36.2 Å². The van der Waals surface area contributed by atoms with Crippen molar-refractivity contribution in [2.45, 2.75) is 111 Å². The fourth-order valence-corrected chi connectivity index (χ4v) is 6.10. The predicted molar refractivity (Wildman–Crippen MR) is 237 cm³/mol. The molecule has 2 fully saturated rings. The fraction of sp³-hybridized carbons (Fsp3) is 0.575. The van der Waals surface area contributed by atoms with E-state index < -0.39 is 40.5 Å². The summed E-state index contributed by atoms with van der Waals surface area (Å²) >= 11 is 0. The van der Waals surface area contributed by atoms with Crippen LogP contribution in [0.1, 0.15) is 96.8 Å². The third-order valence-corrected chi connectivity index (χ3v) is 10.4. The van der Waals surface area contributed by atoms with Crippen LogP contribution in [-0.2, 0) is 30.2 Å². The van der Waals surface area contributed by atoms with Crippen molar-refractivity contribution in [1.29, 1.82) is 5.41 Å². The van der Waals surface area contributed by atoms with E-state index in [0.717, 1.165) is 48.7 Å². The van der Waals surface area contributed by atoms with Crippen LogP contribution in [0, 0.1) is 24.2 Å². The van der Waals surface area contributed by atoms with Gasteiger partial charge in [0, 0.05) is 41.3 Å². The Morgan fingerprint density at radius 2 is 1.81 bits per heavy atom. The number of nitrogens with one attached hydrogen (secondary N) is 5. The number of H-pyrrole nitrogens is 1. The minimum Gasteiger partial charge on any atom is -0.496 e. The van der Waals surface area contributed by atoms with Crippen molar-refractivity contribution in [3.63, 3.8) is 0 Å². The zero-order chi connectivity index (χ0) is 43.5. The molecule has 58 heavy (non-hydrogen) atoms.